The fourth-order valence-electron chi connectivity index (χ4n) is 5.31. The molecule has 1 heterocycles. The van der Waals surface area contributed by atoms with E-state index in [1.54, 1.807) is 12.1 Å². The summed E-state index contributed by atoms with van der Waals surface area (Å²) in [6.07, 6.45) is 1.50. The number of nitro benzene ring substituents is 1. The molecule has 8 nitrogen and oxygen atoms in total. The number of likely N-dealkylation sites (tertiary alicyclic amines) is 1. The highest BCUT2D eigenvalue weighted by atomic mass is 28.4. The summed E-state index contributed by atoms with van der Waals surface area (Å²) in [6, 6.07) is 4.92. The van der Waals surface area contributed by atoms with E-state index in [1.165, 1.54) is 11.0 Å². The Morgan fingerprint density at radius 3 is 2.38 bits per heavy atom. The van der Waals surface area contributed by atoms with E-state index in [4.69, 9.17) is 4.43 Å². The number of carboxylic acid groups (broad SMARTS) is 1. The molecule has 32 heavy (non-hydrogen) atoms. The second-order valence-corrected chi connectivity index (χ2v) is 15.2. The zero-order chi connectivity index (χ0) is 24.1. The van der Waals surface area contributed by atoms with Crippen molar-refractivity contribution >= 4 is 25.8 Å². The summed E-state index contributed by atoms with van der Waals surface area (Å²) >= 11 is 0. The van der Waals surface area contributed by atoms with Gasteiger partial charge in [-0.15, -0.1) is 0 Å². The van der Waals surface area contributed by atoms with E-state index in [1.807, 2.05) is 0 Å². The van der Waals surface area contributed by atoms with Gasteiger partial charge >= 0.3 is 6.09 Å². The third-order valence-electron chi connectivity index (χ3n) is 6.76. The third kappa shape index (κ3) is 6.01. The van der Waals surface area contributed by atoms with Crippen LogP contribution >= 0.6 is 0 Å². The third-order valence-corrected chi connectivity index (χ3v) is 12.8. The van der Waals surface area contributed by atoms with Crippen LogP contribution in [0.2, 0.25) is 16.6 Å². The summed E-state index contributed by atoms with van der Waals surface area (Å²) in [4.78, 5) is 24.1. The molecule has 1 aromatic rings. The van der Waals surface area contributed by atoms with Crippen LogP contribution in [-0.2, 0) is 11.0 Å². The summed E-state index contributed by atoms with van der Waals surface area (Å²) in [6.45, 7) is 14.6. The molecule has 1 aromatic carbocycles. The lowest BCUT2D eigenvalue weighted by Crippen LogP contribution is -2.47. The van der Waals surface area contributed by atoms with E-state index in [0.29, 0.717) is 42.0 Å². The van der Waals surface area contributed by atoms with Gasteiger partial charge in [-0.25, -0.2) is 4.79 Å². The number of carbonyl (C=O) groups is 1. The molecule has 1 atom stereocenters. The van der Waals surface area contributed by atoms with Gasteiger partial charge in [0.15, 0.2) is 0 Å². The molecule has 1 fully saturated rings. The van der Waals surface area contributed by atoms with Crippen molar-refractivity contribution in [3.8, 4) is 0 Å². The minimum Gasteiger partial charge on any atom is -0.465 e. The van der Waals surface area contributed by atoms with Gasteiger partial charge in [0.05, 0.1) is 11.5 Å². The Balaban J connectivity index is 2.27. The molecule has 0 spiro atoms. The van der Waals surface area contributed by atoms with Gasteiger partial charge in [-0.3, -0.25) is 10.1 Å². The molecule has 180 valence electrons. The largest absolute Gasteiger partial charge is 0.465 e. The first kappa shape index (κ1) is 26.1. The average Bonchev–Trinajstić information content (AvgIpc) is 2.93. The molecule has 2 rings (SSSR count). The van der Waals surface area contributed by atoms with Gasteiger partial charge in [-0.2, -0.15) is 0 Å². The van der Waals surface area contributed by atoms with E-state index in [-0.39, 0.29) is 11.7 Å². The monoisotopic (exact) mass is 465 g/mol. The summed E-state index contributed by atoms with van der Waals surface area (Å²) in [5, 5.41) is 24.3. The van der Waals surface area contributed by atoms with E-state index in [0.717, 1.165) is 24.8 Å². The highest BCUT2D eigenvalue weighted by Crippen LogP contribution is 2.43. The van der Waals surface area contributed by atoms with Gasteiger partial charge in [0.2, 0.25) is 8.32 Å². The number of benzene rings is 1. The standard InChI is InChI=1S/C23H39N3O5Si/c1-16(2)32(17(3)4,18(5)6)31-15-19-10-11-22(26(29)30)21(13-19)24-20-9-7-8-12-25(14-20)23(27)28/h10-11,13,16-18,20,24H,7-9,12,14-15H2,1-6H3,(H,27,28). The lowest BCUT2D eigenvalue weighted by molar-refractivity contribution is -0.384. The molecule has 9 heteroatoms. The molecule has 1 amide bonds. The number of hydrogen-bond acceptors (Lipinski definition) is 5. The smallest absolute Gasteiger partial charge is 0.407 e. The van der Waals surface area contributed by atoms with Gasteiger partial charge in [0, 0.05) is 25.2 Å². The molecule has 1 saturated heterocycles. The average molecular weight is 466 g/mol. The SMILES string of the molecule is CC(C)[Si](OCc1ccc([N+](=O)[O-])c(NC2CCCCN(C(=O)O)C2)c1)(C(C)C)C(C)C. The highest BCUT2D eigenvalue weighted by Gasteiger charge is 2.45. The van der Waals surface area contributed by atoms with Crippen LogP contribution in [-0.4, -0.2) is 48.5 Å². The number of nitrogens with one attached hydrogen (secondary N) is 1. The van der Waals surface area contributed by atoms with Crippen molar-refractivity contribution in [1.29, 1.82) is 0 Å². The zero-order valence-corrected chi connectivity index (χ0v) is 21.3. The fraction of sp³-hybridized carbons (Fsp3) is 0.696. The molecular weight excluding hydrogens is 426 g/mol. The van der Waals surface area contributed by atoms with Gasteiger partial charge in [-0.1, -0.05) is 41.5 Å². The van der Waals surface area contributed by atoms with Crippen LogP contribution in [0.15, 0.2) is 18.2 Å². The van der Waals surface area contributed by atoms with Crippen molar-refractivity contribution in [1.82, 2.24) is 4.90 Å². The van der Waals surface area contributed by atoms with Crippen LogP contribution in [0, 0.1) is 10.1 Å². The molecule has 0 aliphatic carbocycles. The maximum atomic E-state index is 11.6. The van der Waals surface area contributed by atoms with Crippen LogP contribution in [0.1, 0.15) is 66.4 Å². The van der Waals surface area contributed by atoms with Crippen molar-refractivity contribution in [2.24, 2.45) is 0 Å². The molecule has 1 unspecified atom stereocenters. The Bertz CT molecular complexity index is 778. The minimum atomic E-state index is -2.06. The number of nitrogens with zero attached hydrogens (tertiary/aromatic N) is 2. The van der Waals surface area contributed by atoms with Crippen molar-refractivity contribution in [2.75, 3.05) is 18.4 Å². The quantitative estimate of drug-likeness (QED) is 0.254. The van der Waals surface area contributed by atoms with Gasteiger partial charge in [0.25, 0.3) is 5.69 Å². The first-order valence-electron chi connectivity index (χ1n) is 11.6. The Labute approximate surface area is 192 Å². The normalized spacial score (nSPS) is 17.7. The Morgan fingerprint density at radius 2 is 1.84 bits per heavy atom. The summed E-state index contributed by atoms with van der Waals surface area (Å²) < 4.78 is 6.67. The first-order valence-corrected chi connectivity index (χ1v) is 13.8. The van der Waals surface area contributed by atoms with Crippen LogP contribution in [0.3, 0.4) is 0 Å². The summed E-state index contributed by atoms with van der Waals surface area (Å²) in [5.41, 5.74) is 2.67. The Morgan fingerprint density at radius 1 is 1.22 bits per heavy atom. The molecule has 1 aliphatic rings. The number of anilines is 1. The van der Waals surface area contributed by atoms with E-state index in [9.17, 15) is 20.0 Å². The Hall–Kier alpha value is -2.13. The fourth-order valence-corrected chi connectivity index (χ4v) is 10.7. The van der Waals surface area contributed by atoms with Gasteiger partial charge in [0.1, 0.15) is 5.69 Å². The van der Waals surface area contributed by atoms with Gasteiger partial charge < -0.3 is 19.7 Å². The number of nitro groups is 1. The minimum absolute atomic E-state index is 0.0000381. The van der Waals surface area contributed by atoms with Crippen molar-refractivity contribution in [2.45, 2.75) is 90.1 Å². The predicted octanol–water partition coefficient (Wildman–Crippen LogP) is 6.23. The number of amides is 1. The van der Waals surface area contributed by atoms with E-state index >= 15 is 0 Å². The van der Waals surface area contributed by atoms with Crippen molar-refractivity contribution in [3.63, 3.8) is 0 Å². The number of rotatable bonds is 9. The number of hydrogen-bond donors (Lipinski definition) is 2. The van der Waals surface area contributed by atoms with Crippen LogP contribution in [0.25, 0.3) is 0 Å². The molecule has 1 aliphatic heterocycles. The van der Waals surface area contributed by atoms with Crippen LogP contribution in [0.4, 0.5) is 16.2 Å². The molecule has 0 aromatic heterocycles. The maximum Gasteiger partial charge on any atom is 0.407 e. The molecule has 0 radical (unpaired) electrons. The first-order chi connectivity index (χ1) is 15.0. The zero-order valence-electron chi connectivity index (χ0n) is 20.3. The molecule has 0 bridgehead atoms. The van der Waals surface area contributed by atoms with Gasteiger partial charge in [-0.05, 0) is 53.6 Å². The van der Waals surface area contributed by atoms with Crippen LogP contribution in [0.5, 0.6) is 0 Å². The topological polar surface area (TPSA) is 105 Å². The maximum absolute atomic E-state index is 11.6. The van der Waals surface area contributed by atoms with E-state index in [2.05, 4.69) is 46.9 Å². The predicted molar refractivity (Wildman–Crippen MR) is 130 cm³/mol. The molecule has 0 saturated carbocycles. The second kappa shape index (κ2) is 11.1. The summed E-state index contributed by atoms with van der Waals surface area (Å²) in [5.74, 6) is 0. The van der Waals surface area contributed by atoms with E-state index < -0.39 is 19.3 Å². The highest BCUT2D eigenvalue weighted by molar-refractivity contribution is 6.77. The lowest BCUT2D eigenvalue weighted by atomic mass is 10.1. The van der Waals surface area contributed by atoms with Crippen molar-refractivity contribution < 1.29 is 19.3 Å². The Kier molecular flexibility index (Phi) is 9.09. The lowest BCUT2D eigenvalue weighted by Gasteiger charge is -2.42. The second-order valence-electron chi connectivity index (χ2n) is 9.78. The molecule has 2 N–H and O–H groups in total. The van der Waals surface area contributed by atoms with Crippen molar-refractivity contribution in [3.05, 3.63) is 33.9 Å². The van der Waals surface area contributed by atoms with Crippen LogP contribution < -0.4 is 5.32 Å². The summed E-state index contributed by atoms with van der Waals surface area (Å²) in [7, 11) is -2.06. The molecular formula is C23H39N3O5Si.